The molecule has 1 aliphatic heterocycles. The van der Waals surface area contributed by atoms with Crippen LogP contribution in [0.3, 0.4) is 0 Å². The van der Waals surface area contributed by atoms with E-state index < -0.39 is 5.97 Å². The summed E-state index contributed by atoms with van der Waals surface area (Å²) in [5.74, 6) is -1.08. The zero-order chi connectivity index (χ0) is 23.5. The molecule has 0 spiro atoms. The number of aliphatic carboxylic acids is 1. The number of carbonyl (C=O) groups excluding carboxylic acids is 1. The average molecular weight is 502 g/mol. The van der Waals surface area contributed by atoms with Gasteiger partial charge in [-0.25, -0.2) is 0 Å². The predicted octanol–water partition coefficient (Wildman–Crippen LogP) is 5.02. The molecule has 10 heteroatoms. The van der Waals surface area contributed by atoms with Crippen molar-refractivity contribution in [2.45, 2.75) is 25.7 Å². The minimum Gasteiger partial charge on any atom is -0.481 e. The summed E-state index contributed by atoms with van der Waals surface area (Å²) < 4.78 is 0.428. The quantitative estimate of drug-likeness (QED) is 0.227. The molecule has 3 aromatic rings. The molecule has 0 radical (unpaired) electrons. The van der Waals surface area contributed by atoms with E-state index in [9.17, 15) is 14.4 Å². The molecule has 1 amide bonds. The van der Waals surface area contributed by atoms with Gasteiger partial charge in [0.2, 0.25) is 5.43 Å². The van der Waals surface area contributed by atoms with Crippen LogP contribution in [-0.2, 0) is 9.59 Å². The molecule has 7 nitrogen and oxygen atoms in total. The lowest BCUT2D eigenvalue weighted by atomic mass is 10.1. The number of halogens is 1. The predicted molar refractivity (Wildman–Crippen MR) is 135 cm³/mol. The number of nitrogens with zero attached hydrogens (tertiary/aromatic N) is 1. The van der Waals surface area contributed by atoms with Crippen LogP contribution in [0.5, 0.6) is 0 Å². The molecular formula is C23H20ClN3O4S2. The first-order valence-corrected chi connectivity index (χ1v) is 11.9. The maximum absolute atomic E-state index is 12.9. The minimum atomic E-state index is -0.829. The summed E-state index contributed by atoms with van der Waals surface area (Å²) >= 11 is 12.8. The molecule has 1 aromatic carbocycles. The summed E-state index contributed by atoms with van der Waals surface area (Å²) in [7, 11) is 0. The number of H-pyrrole nitrogens is 2. The van der Waals surface area contributed by atoms with E-state index in [2.05, 4.69) is 9.97 Å². The highest BCUT2D eigenvalue weighted by Gasteiger charge is 2.31. The lowest BCUT2D eigenvalue weighted by Gasteiger charge is -2.13. The Morgan fingerprint density at radius 1 is 1.18 bits per heavy atom. The molecule has 4 rings (SSSR count). The number of hydrogen-bond donors (Lipinski definition) is 3. The SMILES string of the molecule is O=C(O)CCCCCN1C(=O)C(=Cc2[nH]c(-c3ccc4[nH]ccc4c3)cc(=O)c2Cl)SC1=S. The highest BCUT2D eigenvalue weighted by molar-refractivity contribution is 8.26. The van der Waals surface area contributed by atoms with Crippen molar-refractivity contribution in [1.29, 1.82) is 0 Å². The maximum atomic E-state index is 12.9. The number of thiocarbonyl (C=S) groups is 1. The Labute approximate surface area is 203 Å². The number of aromatic amines is 2. The topological polar surface area (TPSA) is 106 Å². The van der Waals surface area contributed by atoms with Gasteiger partial charge in [0.05, 0.1) is 10.6 Å². The third kappa shape index (κ3) is 5.21. The average Bonchev–Trinajstić information content (AvgIpc) is 3.35. The third-order valence-corrected chi connectivity index (χ3v) is 7.05. The van der Waals surface area contributed by atoms with E-state index in [1.807, 2.05) is 30.5 Å². The van der Waals surface area contributed by atoms with Crippen LogP contribution in [0.1, 0.15) is 31.4 Å². The van der Waals surface area contributed by atoms with E-state index in [-0.39, 0.29) is 22.8 Å². The normalized spacial score (nSPS) is 15.2. The Morgan fingerprint density at radius 3 is 2.79 bits per heavy atom. The van der Waals surface area contributed by atoms with Crippen molar-refractivity contribution in [2.24, 2.45) is 0 Å². The standard InChI is InChI=1S/C23H20ClN3O4S2/c24-21-17(12-19-22(31)27(23(32)33-19)9-3-1-2-4-20(29)30)26-16(11-18(21)28)13-5-6-15-14(10-13)7-8-25-15/h5-8,10-12,25H,1-4,9H2,(H,26,28)(H,29,30). The van der Waals surface area contributed by atoms with Crippen LogP contribution in [0, 0.1) is 0 Å². The van der Waals surface area contributed by atoms with Gasteiger partial charge in [-0.05, 0) is 42.7 Å². The van der Waals surface area contributed by atoms with Gasteiger partial charge in [-0.2, -0.15) is 0 Å². The van der Waals surface area contributed by atoms with E-state index >= 15 is 0 Å². The van der Waals surface area contributed by atoms with Gasteiger partial charge in [-0.15, -0.1) is 0 Å². The summed E-state index contributed by atoms with van der Waals surface area (Å²) in [5.41, 5.74) is 2.39. The number of thioether (sulfide) groups is 1. The Balaban J connectivity index is 1.55. The number of unbranched alkanes of at least 4 members (excludes halogenated alkanes) is 2. The molecule has 33 heavy (non-hydrogen) atoms. The number of hydrogen-bond acceptors (Lipinski definition) is 5. The molecule has 0 atom stereocenters. The number of nitrogens with one attached hydrogen (secondary N) is 2. The van der Waals surface area contributed by atoms with Crippen LogP contribution in [0.2, 0.25) is 5.02 Å². The number of benzene rings is 1. The van der Waals surface area contributed by atoms with Crippen LogP contribution in [-0.4, -0.2) is 42.7 Å². The summed E-state index contributed by atoms with van der Waals surface area (Å²) in [4.78, 5) is 44.2. The van der Waals surface area contributed by atoms with Gasteiger partial charge < -0.3 is 15.1 Å². The largest absolute Gasteiger partial charge is 0.481 e. The number of carboxylic acid groups (broad SMARTS) is 1. The molecule has 0 bridgehead atoms. The number of fused-ring (bicyclic) bond motifs is 1. The zero-order valence-electron chi connectivity index (χ0n) is 17.4. The Bertz CT molecular complexity index is 1340. The van der Waals surface area contributed by atoms with E-state index in [1.165, 1.54) is 11.0 Å². The lowest BCUT2D eigenvalue weighted by Crippen LogP contribution is -2.29. The molecule has 0 unspecified atom stereocenters. The zero-order valence-corrected chi connectivity index (χ0v) is 19.8. The van der Waals surface area contributed by atoms with Crippen molar-refractivity contribution in [2.75, 3.05) is 6.54 Å². The lowest BCUT2D eigenvalue weighted by molar-refractivity contribution is -0.137. The number of carbonyl (C=O) groups is 2. The number of carboxylic acids is 1. The molecule has 170 valence electrons. The monoisotopic (exact) mass is 501 g/mol. The second kappa shape index (κ2) is 9.94. The van der Waals surface area contributed by atoms with Crippen molar-refractivity contribution < 1.29 is 14.7 Å². The first-order chi connectivity index (χ1) is 15.8. The summed E-state index contributed by atoms with van der Waals surface area (Å²) in [5, 5.41) is 9.73. The fourth-order valence-corrected chi connectivity index (χ4v) is 5.03. The van der Waals surface area contributed by atoms with E-state index in [0.717, 1.165) is 28.2 Å². The maximum Gasteiger partial charge on any atom is 0.303 e. The second-order valence-electron chi connectivity index (χ2n) is 7.59. The smallest absolute Gasteiger partial charge is 0.303 e. The van der Waals surface area contributed by atoms with E-state index in [1.54, 1.807) is 6.08 Å². The second-order valence-corrected chi connectivity index (χ2v) is 9.65. The molecule has 2 aromatic heterocycles. The number of pyridine rings is 1. The molecule has 1 fully saturated rings. The van der Waals surface area contributed by atoms with Gasteiger partial charge in [0.25, 0.3) is 5.91 Å². The van der Waals surface area contributed by atoms with Gasteiger partial charge in [-0.3, -0.25) is 19.3 Å². The molecule has 3 heterocycles. The molecule has 3 N–H and O–H groups in total. The van der Waals surface area contributed by atoms with Crippen LogP contribution in [0.4, 0.5) is 0 Å². The summed E-state index contributed by atoms with van der Waals surface area (Å²) in [6.45, 7) is 0.419. The van der Waals surface area contributed by atoms with Crippen molar-refractivity contribution in [3.05, 3.63) is 62.4 Å². The number of aromatic nitrogens is 2. The fraction of sp³-hybridized carbons (Fsp3) is 0.217. The molecule has 1 saturated heterocycles. The van der Waals surface area contributed by atoms with Crippen LogP contribution in [0.15, 0.2) is 46.2 Å². The van der Waals surface area contributed by atoms with Crippen LogP contribution in [0.25, 0.3) is 28.2 Å². The third-order valence-electron chi connectivity index (χ3n) is 5.28. The van der Waals surface area contributed by atoms with Gasteiger partial charge in [0, 0.05) is 41.8 Å². The van der Waals surface area contributed by atoms with Gasteiger partial charge in [-0.1, -0.05) is 48.1 Å². The van der Waals surface area contributed by atoms with Crippen LogP contribution >= 0.6 is 35.6 Å². The van der Waals surface area contributed by atoms with Crippen molar-refractivity contribution in [3.63, 3.8) is 0 Å². The molecule has 0 saturated carbocycles. The van der Waals surface area contributed by atoms with Crippen molar-refractivity contribution in [3.8, 4) is 11.3 Å². The van der Waals surface area contributed by atoms with E-state index in [4.69, 9.17) is 28.9 Å². The highest BCUT2D eigenvalue weighted by Crippen LogP contribution is 2.34. The van der Waals surface area contributed by atoms with Crippen LogP contribution < -0.4 is 5.43 Å². The minimum absolute atomic E-state index is 0.000381. The Morgan fingerprint density at radius 2 is 2.00 bits per heavy atom. The first kappa shape index (κ1) is 23.3. The van der Waals surface area contributed by atoms with Gasteiger partial charge >= 0.3 is 5.97 Å². The fourth-order valence-electron chi connectivity index (χ4n) is 3.59. The summed E-state index contributed by atoms with van der Waals surface area (Å²) in [6.07, 6.45) is 5.41. The van der Waals surface area contributed by atoms with Gasteiger partial charge in [0.15, 0.2) is 0 Å². The van der Waals surface area contributed by atoms with E-state index in [0.29, 0.717) is 46.4 Å². The number of amides is 1. The van der Waals surface area contributed by atoms with Crippen molar-refractivity contribution >= 4 is 68.8 Å². The van der Waals surface area contributed by atoms with Crippen molar-refractivity contribution in [1.82, 2.24) is 14.9 Å². The molecule has 1 aliphatic rings. The Hall–Kier alpha value is -2.88. The highest BCUT2D eigenvalue weighted by atomic mass is 35.5. The molecular weight excluding hydrogens is 482 g/mol. The summed E-state index contributed by atoms with van der Waals surface area (Å²) in [6, 6.07) is 9.17. The number of rotatable bonds is 8. The first-order valence-electron chi connectivity index (χ1n) is 10.3. The Kier molecular flexibility index (Phi) is 7.02. The van der Waals surface area contributed by atoms with Gasteiger partial charge in [0.1, 0.15) is 9.34 Å². The molecule has 0 aliphatic carbocycles.